The molecular weight excluding hydrogens is 150 g/mol. The molecule has 0 atom stereocenters. The highest BCUT2D eigenvalue weighted by molar-refractivity contribution is 4.90. The van der Waals surface area contributed by atoms with Crippen LogP contribution in [0.25, 0.3) is 0 Å². The third kappa shape index (κ3) is 3.07. The Labute approximate surface area is 74.0 Å². The molecule has 0 spiro atoms. The van der Waals surface area contributed by atoms with Crippen LogP contribution in [-0.2, 0) is 6.42 Å². The van der Waals surface area contributed by atoms with Crippen molar-refractivity contribution in [3.8, 4) is 0 Å². The van der Waals surface area contributed by atoms with E-state index in [0.29, 0.717) is 0 Å². The molecule has 0 aromatic carbocycles. The molecule has 0 bridgehead atoms. The van der Waals surface area contributed by atoms with Crippen LogP contribution < -0.4 is 0 Å². The largest absolute Gasteiger partial charge is 0.446 e. The van der Waals surface area contributed by atoms with E-state index in [-0.39, 0.29) is 0 Å². The minimum Gasteiger partial charge on any atom is -0.446 e. The summed E-state index contributed by atoms with van der Waals surface area (Å²) >= 11 is 0. The van der Waals surface area contributed by atoms with Crippen LogP contribution in [0.2, 0.25) is 0 Å². The van der Waals surface area contributed by atoms with E-state index in [0.717, 1.165) is 18.1 Å². The molecule has 1 heterocycles. The third-order valence-corrected chi connectivity index (χ3v) is 1.91. The minimum absolute atomic E-state index is 0.892. The van der Waals surface area contributed by atoms with E-state index in [1.807, 2.05) is 6.92 Å². The number of hydrogen-bond acceptors (Lipinski definition) is 2. The summed E-state index contributed by atoms with van der Waals surface area (Å²) in [5.74, 6) is 1.81. The van der Waals surface area contributed by atoms with Crippen molar-refractivity contribution in [3.05, 3.63) is 17.8 Å². The van der Waals surface area contributed by atoms with E-state index >= 15 is 0 Å². The maximum absolute atomic E-state index is 5.35. The first-order valence-electron chi connectivity index (χ1n) is 4.74. The smallest absolute Gasteiger partial charge is 0.194 e. The zero-order valence-corrected chi connectivity index (χ0v) is 7.97. The molecule has 0 radical (unpaired) electrons. The predicted molar refractivity (Wildman–Crippen MR) is 49.1 cm³/mol. The number of rotatable bonds is 5. The van der Waals surface area contributed by atoms with Gasteiger partial charge in [-0.2, -0.15) is 0 Å². The fourth-order valence-electron chi connectivity index (χ4n) is 1.22. The van der Waals surface area contributed by atoms with Gasteiger partial charge in [0.15, 0.2) is 5.89 Å². The second kappa shape index (κ2) is 4.96. The predicted octanol–water partition coefficient (Wildman–Crippen LogP) is 3.11. The monoisotopic (exact) mass is 167 g/mol. The van der Waals surface area contributed by atoms with Crippen LogP contribution in [-0.4, -0.2) is 4.98 Å². The maximum Gasteiger partial charge on any atom is 0.194 e. The molecule has 0 aliphatic rings. The number of aromatic nitrogens is 1. The topological polar surface area (TPSA) is 26.0 Å². The lowest BCUT2D eigenvalue weighted by atomic mass is 10.1. The molecule has 68 valence electrons. The molecule has 0 N–H and O–H groups in total. The zero-order valence-electron chi connectivity index (χ0n) is 7.97. The van der Waals surface area contributed by atoms with Gasteiger partial charge in [-0.15, -0.1) is 0 Å². The molecule has 0 aliphatic carbocycles. The summed E-state index contributed by atoms with van der Waals surface area (Å²) in [4.78, 5) is 4.15. The summed E-state index contributed by atoms with van der Waals surface area (Å²) in [6.07, 6.45) is 7.87. The molecule has 12 heavy (non-hydrogen) atoms. The Morgan fingerprint density at radius 1 is 1.33 bits per heavy atom. The van der Waals surface area contributed by atoms with Crippen LogP contribution in [0.4, 0.5) is 0 Å². The number of hydrogen-bond donors (Lipinski definition) is 0. The Bertz CT molecular complexity index is 217. The molecule has 2 nitrogen and oxygen atoms in total. The Morgan fingerprint density at radius 3 is 2.75 bits per heavy atom. The summed E-state index contributed by atoms with van der Waals surface area (Å²) in [7, 11) is 0. The number of aryl methyl sites for hydroxylation is 2. The van der Waals surface area contributed by atoms with E-state index in [9.17, 15) is 0 Å². The van der Waals surface area contributed by atoms with Gasteiger partial charge in [0.2, 0.25) is 0 Å². The van der Waals surface area contributed by atoms with E-state index in [1.54, 1.807) is 6.20 Å². The van der Waals surface area contributed by atoms with Crippen molar-refractivity contribution in [3.63, 3.8) is 0 Å². The van der Waals surface area contributed by atoms with Gasteiger partial charge in [0.25, 0.3) is 0 Å². The van der Waals surface area contributed by atoms with Crippen molar-refractivity contribution in [1.29, 1.82) is 0 Å². The lowest BCUT2D eigenvalue weighted by molar-refractivity contribution is 0.459. The first kappa shape index (κ1) is 9.30. The zero-order chi connectivity index (χ0) is 8.81. The van der Waals surface area contributed by atoms with Gasteiger partial charge in [-0.25, -0.2) is 4.98 Å². The Hall–Kier alpha value is -0.790. The van der Waals surface area contributed by atoms with Crippen LogP contribution in [0.3, 0.4) is 0 Å². The maximum atomic E-state index is 5.35. The molecule has 2 heteroatoms. The standard InChI is InChI=1S/C10H17NO/c1-3-4-5-6-7-10-11-8-9(2)12-10/h8H,3-7H2,1-2H3. The van der Waals surface area contributed by atoms with Gasteiger partial charge in [0.05, 0.1) is 6.20 Å². The fourth-order valence-corrected chi connectivity index (χ4v) is 1.22. The second-order valence-electron chi connectivity index (χ2n) is 3.18. The number of nitrogens with zero attached hydrogens (tertiary/aromatic N) is 1. The van der Waals surface area contributed by atoms with Gasteiger partial charge in [0, 0.05) is 6.42 Å². The van der Waals surface area contributed by atoms with Crippen LogP contribution in [0.15, 0.2) is 10.6 Å². The molecular formula is C10H17NO. The molecule has 0 fully saturated rings. The van der Waals surface area contributed by atoms with Crippen LogP contribution in [0.5, 0.6) is 0 Å². The second-order valence-corrected chi connectivity index (χ2v) is 3.18. The highest BCUT2D eigenvalue weighted by atomic mass is 16.3. The molecule has 0 saturated heterocycles. The minimum atomic E-state index is 0.892. The number of oxazole rings is 1. The van der Waals surface area contributed by atoms with Crippen LogP contribution in [0.1, 0.15) is 44.3 Å². The van der Waals surface area contributed by atoms with Crippen molar-refractivity contribution in [1.82, 2.24) is 4.98 Å². The van der Waals surface area contributed by atoms with E-state index in [1.165, 1.54) is 25.7 Å². The van der Waals surface area contributed by atoms with Gasteiger partial charge < -0.3 is 4.42 Å². The Morgan fingerprint density at radius 2 is 2.17 bits per heavy atom. The third-order valence-electron chi connectivity index (χ3n) is 1.91. The van der Waals surface area contributed by atoms with Crippen molar-refractivity contribution < 1.29 is 4.42 Å². The van der Waals surface area contributed by atoms with Crippen molar-refractivity contribution in [2.45, 2.75) is 46.0 Å². The molecule has 1 aromatic rings. The summed E-state index contributed by atoms with van der Waals surface area (Å²) in [5, 5.41) is 0. The van der Waals surface area contributed by atoms with E-state index in [4.69, 9.17) is 4.42 Å². The average molecular weight is 167 g/mol. The molecule has 0 unspecified atom stereocenters. The molecule has 0 amide bonds. The van der Waals surface area contributed by atoms with Crippen LogP contribution in [0, 0.1) is 6.92 Å². The van der Waals surface area contributed by atoms with Gasteiger partial charge >= 0.3 is 0 Å². The highest BCUT2D eigenvalue weighted by Crippen LogP contribution is 2.07. The highest BCUT2D eigenvalue weighted by Gasteiger charge is 1.98. The van der Waals surface area contributed by atoms with Gasteiger partial charge in [-0.3, -0.25) is 0 Å². The van der Waals surface area contributed by atoms with Crippen molar-refractivity contribution in [2.24, 2.45) is 0 Å². The fraction of sp³-hybridized carbons (Fsp3) is 0.700. The molecule has 0 saturated carbocycles. The SMILES string of the molecule is CCCCCCc1ncc(C)o1. The number of unbranched alkanes of at least 4 members (excludes halogenated alkanes) is 3. The normalized spacial score (nSPS) is 10.5. The van der Waals surface area contributed by atoms with Gasteiger partial charge in [-0.1, -0.05) is 26.2 Å². The van der Waals surface area contributed by atoms with E-state index < -0.39 is 0 Å². The van der Waals surface area contributed by atoms with Gasteiger partial charge in [0.1, 0.15) is 5.76 Å². The van der Waals surface area contributed by atoms with Crippen molar-refractivity contribution >= 4 is 0 Å². The molecule has 1 rings (SSSR count). The van der Waals surface area contributed by atoms with E-state index in [2.05, 4.69) is 11.9 Å². The summed E-state index contributed by atoms with van der Waals surface area (Å²) < 4.78 is 5.35. The summed E-state index contributed by atoms with van der Waals surface area (Å²) in [6.45, 7) is 4.15. The molecule has 0 aliphatic heterocycles. The van der Waals surface area contributed by atoms with Gasteiger partial charge in [-0.05, 0) is 13.3 Å². The Kier molecular flexibility index (Phi) is 3.85. The van der Waals surface area contributed by atoms with Crippen LogP contribution >= 0.6 is 0 Å². The summed E-state index contributed by atoms with van der Waals surface area (Å²) in [6, 6.07) is 0. The lowest BCUT2D eigenvalue weighted by Gasteiger charge is -1.94. The lowest BCUT2D eigenvalue weighted by Crippen LogP contribution is -1.84. The van der Waals surface area contributed by atoms with Crippen molar-refractivity contribution in [2.75, 3.05) is 0 Å². The first-order valence-corrected chi connectivity index (χ1v) is 4.74. The molecule has 1 aromatic heterocycles. The summed E-state index contributed by atoms with van der Waals surface area (Å²) in [5.41, 5.74) is 0. The Balaban J connectivity index is 2.15. The first-order chi connectivity index (χ1) is 5.83. The average Bonchev–Trinajstić information content (AvgIpc) is 2.45. The quantitative estimate of drug-likeness (QED) is 0.630.